The van der Waals surface area contributed by atoms with E-state index in [1.807, 2.05) is 72.8 Å². The van der Waals surface area contributed by atoms with Crippen LogP contribution in [0.3, 0.4) is 0 Å². The SMILES string of the molecule is C=CCCC(=O)NC[C@@H](OC(=O)[C@@H]1[C@H]2C(=O)N([C@H](C)CO)[C@H](C(=O)N(CC=C)c3ccc4ccccc4c3)[C@]23CC[C@H]1O3)c1ccccc1. The van der Waals surface area contributed by atoms with Crippen LogP contribution in [0.15, 0.2) is 98.1 Å². The predicted molar refractivity (Wildman–Crippen MR) is 185 cm³/mol. The van der Waals surface area contributed by atoms with E-state index in [-0.39, 0.29) is 37.9 Å². The van der Waals surface area contributed by atoms with E-state index in [0.717, 1.165) is 10.8 Å². The van der Waals surface area contributed by atoms with E-state index >= 15 is 0 Å². The van der Waals surface area contributed by atoms with Gasteiger partial charge in [0.25, 0.3) is 5.91 Å². The van der Waals surface area contributed by atoms with Crippen molar-refractivity contribution < 1.29 is 33.8 Å². The number of ether oxygens (including phenoxy) is 2. The first-order chi connectivity index (χ1) is 23.7. The first kappa shape index (κ1) is 34.1. The maximum absolute atomic E-state index is 14.8. The number of allylic oxidation sites excluding steroid dienone is 1. The number of nitrogens with zero attached hydrogens (tertiary/aromatic N) is 2. The average Bonchev–Trinajstić information content (AvgIpc) is 3.78. The van der Waals surface area contributed by atoms with Crippen LogP contribution in [0.4, 0.5) is 5.69 Å². The van der Waals surface area contributed by atoms with Crippen LogP contribution in [-0.2, 0) is 28.7 Å². The van der Waals surface area contributed by atoms with Crippen LogP contribution in [0.25, 0.3) is 10.8 Å². The van der Waals surface area contributed by atoms with E-state index in [0.29, 0.717) is 30.5 Å². The number of esters is 1. The topological polar surface area (TPSA) is 125 Å². The standard InChI is InChI=1S/C39H43N3O7/c1-4-6-16-32(44)40-23-31(27-13-8-7-9-14-27)48-38(47)33-30-19-20-39(49-30)34(33)36(45)42(25(3)24-43)35(39)37(46)41(21-5-2)29-18-17-26-12-10-11-15-28(26)22-29/h4-5,7-15,17-18,22,25,30-31,33-35,43H,1-2,6,16,19-21,23-24H2,3H3,(H,40,44)/t25-,30-,31-,33+,34+,35-,39+/m1/s1. The molecule has 3 amide bonds. The van der Waals surface area contributed by atoms with Crippen LogP contribution in [-0.4, -0.2) is 77.2 Å². The Morgan fingerprint density at radius 1 is 1.08 bits per heavy atom. The van der Waals surface area contributed by atoms with Crippen molar-refractivity contribution in [3.8, 4) is 0 Å². The Kier molecular flexibility index (Phi) is 9.99. The maximum atomic E-state index is 14.8. The van der Waals surface area contributed by atoms with Gasteiger partial charge in [-0.15, -0.1) is 13.2 Å². The van der Waals surface area contributed by atoms with Crippen molar-refractivity contribution in [1.29, 1.82) is 0 Å². The third-order valence-corrected chi connectivity index (χ3v) is 10.1. The fourth-order valence-electron chi connectivity index (χ4n) is 7.79. The van der Waals surface area contributed by atoms with Crippen molar-refractivity contribution in [1.82, 2.24) is 10.2 Å². The largest absolute Gasteiger partial charge is 0.455 e. The van der Waals surface area contributed by atoms with Gasteiger partial charge in [-0.25, -0.2) is 0 Å². The van der Waals surface area contributed by atoms with Gasteiger partial charge in [0.1, 0.15) is 17.7 Å². The van der Waals surface area contributed by atoms with Gasteiger partial charge < -0.3 is 29.7 Å². The first-order valence-corrected chi connectivity index (χ1v) is 16.9. The van der Waals surface area contributed by atoms with Gasteiger partial charge in [0, 0.05) is 18.7 Å². The molecule has 3 heterocycles. The third-order valence-electron chi connectivity index (χ3n) is 10.1. The molecule has 10 heteroatoms. The lowest BCUT2D eigenvalue weighted by atomic mass is 9.70. The lowest BCUT2D eigenvalue weighted by Crippen LogP contribution is -2.58. The Balaban J connectivity index is 1.32. The number of anilines is 1. The van der Waals surface area contributed by atoms with Crippen molar-refractivity contribution in [2.75, 3.05) is 24.6 Å². The molecule has 3 saturated heterocycles. The Morgan fingerprint density at radius 2 is 1.82 bits per heavy atom. The number of fused-ring (bicyclic) bond motifs is 2. The number of benzene rings is 3. The fourth-order valence-corrected chi connectivity index (χ4v) is 7.79. The normalized spacial score (nSPS) is 25.0. The highest BCUT2D eigenvalue weighted by Gasteiger charge is 2.75. The summed E-state index contributed by atoms with van der Waals surface area (Å²) in [7, 11) is 0. The molecule has 3 aliphatic rings. The summed E-state index contributed by atoms with van der Waals surface area (Å²) in [6.45, 7) is 9.07. The molecule has 3 aliphatic heterocycles. The number of amides is 3. The fraction of sp³-hybridized carbons (Fsp3) is 0.385. The summed E-state index contributed by atoms with van der Waals surface area (Å²) < 4.78 is 12.7. The van der Waals surface area contributed by atoms with Crippen LogP contribution in [0.5, 0.6) is 0 Å². The molecule has 0 unspecified atom stereocenters. The number of rotatable bonds is 14. The van der Waals surface area contributed by atoms with Gasteiger partial charge in [0.2, 0.25) is 11.8 Å². The number of aliphatic hydroxyl groups is 1. The summed E-state index contributed by atoms with van der Waals surface area (Å²) in [6, 6.07) is 20.9. The zero-order chi connectivity index (χ0) is 34.7. The van der Waals surface area contributed by atoms with E-state index in [1.165, 1.54) is 4.90 Å². The van der Waals surface area contributed by atoms with E-state index in [1.54, 1.807) is 24.0 Å². The van der Waals surface area contributed by atoms with Crippen molar-refractivity contribution >= 4 is 40.2 Å². The smallest absolute Gasteiger partial charge is 0.313 e. The van der Waals surface area contributed by atoms with Gasteiger partial charge in [-0.3, -0.25) is 19.2 Å². The van der Waals surface area contributed by atoms with Gasteiger partial charge in [0.15, 0.2) is 0 Å². The first-order valence-electron chi connectivity index (χ1n) is 16.9. The monoisotopic (exact) mass is 665 g/mol. The summed E-state index contributed by atoms with van der Waals surface area (Å²) in [5, 5.41) is 15.1. The molecule has 49 heavy (non-hydrogen) atoms. The van der Waals surface area contributed by atoms with Crippen LogP contribution in [0.2, 0.25) is 0 Å². The molecule has 3 aromatic rings. The number of aliphatic hydroxyl groups excluding tert-OH is 1. The van der Waals surface area contributed by atoms with Crippen molar-refractivity contribution in [3.63, 3.8) is 0 Å². The summed E-state index contributed by atoms with van der Waals surface area (Å²) >= 11 is 0. The molecule has 2 N–H and O–H groups in total. The van der Waals surface area contributed by atoms with E-state index in [2.05, 4.69) is 18.5 Å². The van der Waals surface area contributed by atoms with Gasteiger partial charge in [-0.1, -0.05) is 72.8 Å². The minimum atomic E-state index is -1.29. The third kappa shape index (κ3) is 6.26. The van der Waals surface area contributed by atoms with Gasteiger partial charge >= 0.3 is 5.97 Å². The minimum absolute atomic E-state index is 0.0464. The van der Waals surface area contributed by atoms with Crippen LogP contribution in [0, 0.1) is 11.8 Å². The average molecular weight is 666 g/mol. The zero-order valence-corrected chi connectivity index (χ0v) is 27.7. The van der Waals surface area contributed by atoms with E-state index in [4.69, 9.17) is 9.47 Å². The number of carbonyl (C=O) groups is 4. The molecular weight excluding hydrogens is 622 g/mol. The number of likely N-dealkylation sites (tertiary alicyclic amines) is 1. The van der Waals surface area contributed by atoms with Crippen LogP contribution < -0.4 is 10.2 Å². The Morgan fingerprint density at radius 3 is 2.53 bits per heavy atom. The van der Waals surface area contributed by atoms with E-state index in [9.17, 15) is 24.3 Å². The molecule has 0 radical (unpaired) electrons. The second-order valence-electron chi connectivity index (χ2n) is 13.1. The Bertz CT molecular complexity index is 1740. The van der Waals surface area contributed by atoms with Crippen molar-refractivity contribution in [2.45, 2.75) is 62.5 Å². The van der Waals surface area contributed by atoms with Crippen LogP contribution >= 0.6 is 0 Å². The summed E-state index contributed by atoms with van der Waals surface area (Å²) in [6.07, 6.45) is 3.48. The molecule has 10 nitrogen and oxygen atoms in total. The number of hydrogen-bond donors (Lipinski definition) is 2. The Hall–Kier alpha value is -4.80. The zero-order valence-electron chi connectivity index (χ0n) is 27.7. The highest BCUT2D eigenvalue weighted by Crippen LogP contribution is 2.59. The molecule has 3 fully saturated rings. The second kappa shape index (κ2) is 14.4. The number of hydrogen-bond acceptors (Lipinski definition) is 7. The van der Waals surface area contributed by atoms with E-state index < -0.39 is 53.6 Å². The molecule has 256 valence electrons. The minimum Gasteiger partial charge on any atom is -0.455 e. The molecule has 3 aromatic carbocycles. The lowest BCUT2D eigenvalue weighted by Gasteiger charge is -2.38. The molecule has 2 bridgehead atoms. The molecule has 0 aliphatic carbocycles. The molecule has 0 aromatic heterocycles. The van der Waals surface area contributed by atoms with Gasteiger partial charge in [-0.05, 0) is 54.7 Å². The maximum Gasteiger partial charge on any atom is 0.313 e. The molecule has 1 spiro atoms. The van der Waals surface area contributed by atoms with Gasteiger partial charge in [-0.2, -0.15) is 0 Å². The molecule has 0 saturated carbocycles. The Labute approximate surface area is 286 Å². The highest BCUT2D eigenvalue weighted by molar-refractivity contribution is 6.05. The number of nitrogens with one attached hydrogen (secondary N) is 1. The quantitative estimate of drug-likeness (QED) is 0.192. The molecule has 7 atom stereocenters. The lowest BCUT2D eigenvalue weighted by molar-refractivity contribution is -0.161. The summed E-state index contributed by atoms with van der Waals surface area (Å²) in [5.74, 6) is -3.57. The molecule has 6 rings (SSSR count). The highest BCUT2D eigenvalue weighted by atomic mass is 16.6. The summed E-state index contributed by atoms with van der Waals surface area (Å²) in [4.78, 5) is 58.9. The van der Waals surface area contributed by atoms with Gasteiger partial charge in [0.05, 0.1) is 37.1 Å². The predicted octanol–water partition coefficient (Wildman–Crippen LogP) is 4.48. The number of carbonyl (C=O) groups excluding carboxylic acids is 4. The van der Waals surface area contributed by atoms with Crippen LogP contribution in [0.1, 0.15) is 44.3 Å². The van der Waals surface area contributed by atoms with Crippen molar-refractivity contribution in [3.05, 3.63) is 104 Å². The van der Waals surface area contributed by atoms with Crippen molar-refractivity contribution in [2.24, 2.45) is 11.8 Å². The summed E-state index contributed by atoms with van der Waals surface area (Å²) in [5.41, 5.74) is 0.0379. The second-order valence-corrected chi connectivity index (χ2v) is 13.1. The molecular formula is C39H43N3O7.